The Labute approximate surface area is 206 Å². The second-order valence-electron chi connectivity index (χ2n) is 8.02. The molecule has 36 heavy (non-hydrogen) atoms. The molecule has 5 rings (SSSR count). The molecule has 12 nitrogen and oxygen atoms in total. The molecule has 5 heterocycles. The summed E-state index contributed by atoms with van der Waals surface area (Å²) in [6, 6.07) is 6.96. The Kier molecular flexibility index (Phi) is 7.00. The van der Waals surface area contributed by atoms with Crippen LogP contribution in [0.4, 0.5) is 39.3 Å². The predicted molar refractivity (Wildman–Crippen MR) is 130 cm³/mol. The van der Waals surface area contributed by atoms with Crippen molar-refractivity contribution in [2.75, 3.05) is 60.4 Å². The highest BCUT2D eigenvalue weighted by Gasteiger charge is 2.22. The number of carbonyl (C=O) groups excluding carboxylic acids is 1. The zero-order chi connectivity index (χ0) is 24.9. The van der Waals surface area contributed by atoms with Gasteiger partial charge < -0.3 is 35.1 Å². The minimum absolute atomic E-state index is 0.00485. The fourth-order valence-corrected chi connectivity index (χ4v) is 3.72. The van der Waals surface area contributed by atoms with Gasteiger partial charge in [-0.3, -0.25) is 4.79 Å². The third-order valence-corrected chi connectivity index (χ3v) is 5.44. The maximum atomic E-state index is 14.4. The van der Waals surface area contributed by atoms with E-state index in [1.165, 1.54) is 0 Å². The summed E-state index contributed by atoms with van der Waals surface area (Å²) in [4.78, 5) is 30.7. The van der Waals surface area contributed by atoms with Gasteiger partial charge in [0.05, 0.1) is 37.4 Å². The van der Waals surface area contributed by atoms with Crippen LogP contribution < -0.4 is 25.6 Å². The Morgan fingerprint density at radius 2 is 2.11 bits per heavy atom. The Balaban J connectivity index is 1.24. The Morgan fingerprint density at radius 1 is 1.19 bits per heavy atom. The summed E-state index contributed by atoms with van der Waals surface area (Å²) >= 11 is 0. The van der Waals surface area contributed by atoms with Crippen molar-refractivity contribution in [1.82, 2.24) is 19.9 Å². The number of rotatable bonds is 8. The first-order chi connectivity index (χ1) is 17.6. The van der Waals surface area contributed by atoms with Crippen LogP contribution in [0.25, 0.3) is 0 Å². The van der Waals surface area contributed by atoms with Crippen LogP contribution in [-0.2, 0) is 14.3 Å². The third-order valence-electron chi connectivity index (χ3n) is 5.44. The van der Waals surface area contributed by atoms with Crippen molar-refractivity contribution in [1.29, 1.82) is 0 Å². The van der Waals surface area contributed by atoms with E-state index in [4.69, 9.17) is 14.2 Å². The van der Waals surface area contributed by atoms with Gasteiger partial charge in [0.2, 0.25) is 5.95 Å². The lowest BCUT2D eigenvalue weighted by Gasteiger charge is -2.33. The molecular formula is C23H25FN8O4. The number of anilines is 6. The van der Waals surface area contributed by atoms with Gasteiger partial charge in [-0.1, -0.05) is 0 Å². The summed E-state index contributed by atoms with van der Waals surface area (Å²) in [6.07, 6.45) is 2.72. The molecule has 0 aliphatic carbocycles. The molecule has 2 aliphatic heterocycles. The zero-order valence-corrected chi connectivity index (χ0v) is 19.5. The van der Waals surface area contributed by atoms with Gasteiger partial charge in [0.25, 0.3) is 5.91 Å². The van der Waals surface area contributed by atoms with Gasteiger partial charge in [0.1, 0.15) is 11.6 Å². The predicted octanol–water partition coefficient (Wildman–Crippen LogP) is 2.47. The monoisotopic (exact) mass is 496 g/mol. The van der Waals surface area contributed by atoms with Crippen molar-refractivity contribution >= 4 is 40.8 Å². The first-order valence-corrected chi connectivity index (χ1v) is 11.5. The van der Waals surface area contributed by atoms with E-state index in [1.807, 2.05) is 19.1 Å². The van der Waals surface area contributed by atoms with Gasteiger partial charge in [0.15, 0.2) is 29.8 Å². The Morgan fingerprint density at radius 3 is 2.94 bits per heavy atom. The lowest BCUT2D eigenvalue weighted by molar-refractivity contribution is -0.118. The van der Waals surface area contributed by atoms with Crippen LogP contribution in [0, 0.1) is 5.82 Å². The van der Waals surface area contributed by atoms with Crippen molar-refractivity contribution in [3.63, 3.8) is 0 Å². The molecule has 0 saturated carbocycles. The summed E-state index contributed by atoms with van der Waals surface area (Å²) < 4.78 is 30.9. The number of nitrogens with one attached hydrogen (secondary N) is 3. The molecule has 2 aliphatic rings. The summed E-state index contributed by atoms with van der Waals surface area (Å²) in [5.74, 6) is 0.897. The molecule has 0 bridgehead atoms. The number of ether oxygens (including phenoxy) is 3. The summed E-state index contributed by atoms with van der Waals surface area (Å²) in [5.41, 5.74) is 0.641. The minimum atomic E-state index is -0.664. The van der Waals surface area contributed by atoms with E-state index in [-0.39, 0.29) is 42.0 Å². The van der Waals surface area contributed by atoms with E-state index in [2.05, 4.69) is 40.8 Å². The number of hydrogen-bond acceptors (Lipinski definition) is 11. The highest BCUT2D eigenvalue weighted by Crippen LogP contribution is 2.28. The molecule has 3 N–H and O–H groups in total. The zero-order valence-electron chi connectivity index (χ0n) is 19.5. The van der Waals surface area contributed by atoms with Gasteiger partial charge in [-0.05, 0) is 31.2 Å². The topological polar surface area (TPSA) is 136 Å². The smallest absolute Gasteiger partial charge is 0.263 e. The molecule has 1 atom stereocenters. The summed E-state index contributed by atoms with van der Waals surface area (Å²) in [5, 5.41) is 8.44. The van der Waals surface area contributed by atoms with Crippen LogP contribution in [0.5, 0.6) is 5.75 Å². The highest BCUT2D eigenvalue weighted by atomic mass is 19.1. The number of hydrogen-bond donors (Lipinski definition) is 3. The standard InChI is InChI=1S/C23H25FN8O4/c1-2-34-12-15-11-32(7-8-35-15)19-6-3-14(9-25-19)27-23-26-10-16(24)21(31-23)28-18-5-4-17-22(29-18)30-20(33)13-36-17/h3-6,9-10,15H,2,7-8,11-13H2,1H3,(H3,26,27,28,29,30,31,33)/t15-/m0/s1. The van der Waals surface area contributed by atoms with Gasteiger partial charge in [-0.25, -0.2) is 19.3 Å². The molecule has 13 heteroatoms. The average molecular weight is 497 g/mol. The van der Waals surface area contributed by atoms with Crippen molar-refractivity contribution in [2.45, 2.75) is 13.0 Å². The first-order valence-electron chi connectivity index (χ1n) is 11.5. The van der Waals surface area contributed by atoms with Crippen LogP contribution in [0.3, 0.4) is 0 Å². The maximum absolute atomic E-state index is 14.4. The van der Waals surface area contributed by atoms with Gasteiger partial charge in [-0.15, -0.1) is 0 Å². The molecule has 3 aromatic rings. The molecule has 1 fully saturated rings. The fourth-order valence-electron chi connectivity index (χ4n) is 3.72. The van der Waals surface area contributed by atoms with E-state index in [9.17, 15) is 9.18 Å². The second kappa shape index (κ2) is 10.7. The molecule has 1 amide bonds. The molecule has 0 unspecified atom stereocenters. The lowest BCUT2D eigenvalue weighted by atomic mass is 10.2. The van der Waals surface area contributed by atoms with Crippen molar-refractivity contribution in [3.8, 4) is 5.75 Å². The van der Waals surface area contributed by atoms with Crippen molar-refractivity contribution in [3.05, 3.63) is 42.5 Å². The summed E-state index contributed by atoms with van der Waals surface area (Å²) in [7, 11) is 0. The maximum Gasteiger partial charge on any atom is 0.263 e. The van der Waals surface area contributed by atoms with Gasteiger partial charge >= 0.3 is 0 Å². The normalized spacial score (nSPS) is 17.1. The lowest BCUT2D eigenvalue weighted by Crippen LogP contribution is -2.44. The van der Waals surface area contributed by atoms with E-state index in [0.717, 1.165) is 18.6 Å². The van der Waals surface area contributed by atoms with E-state index >= 15 is 0 Å². The van der Waals surface area contributed by atoms with Crippen molar-refractivity contribution in [2.24, 2.45) is 0 Å². The number of morpholine rings is 1. The van der Waals surface area contributed by atoms with E-state index in [1.54, 1.807) is 18.3 Å². The van der Waals surface area contributed by atoms with E-state index < -0.39 is 5.82 Å². The molecule has 1 saturated heterocycles. The van der Waals surface area contributed by atoms with Gasteiger partial charge in [-0.2, -0.15) is 4.98 Å². The Hall–Kier alpha value is -4.10. The highest BCUT2D eigenvalue weighted by molar-refractivity contribution is 5.94. The van der Waals surface area contributed by atoms with Crippen LogP contribution >= 0.6 is 0 Å². The Bertz CT molecular complexity index is 1230. The first kappa shape index (κ1) is 23.6. The van der Waals surface area contributed by atoms with Crippen LogP contribution in [0.2, 0.25) is 0 Å². The fraction of sp³-hybridized carbons (Fsp3) is 0.348. The molecule has 188 valence electrons. The molecule has 3 aromatic heterocycles. The van der Waals surface area contributed by atoms with Gasteiger partial charge in [0, 0.05) is 19.7 Å². The largest absolute Gasteiger partial charge is 0.480 e. The van der Waals surface area contributed by atoms with Crippen LogP contribution in [0.15, 0.2) is 36.7 Å². The SMILES string of the molecule is CCOC[C@@H]1CN(c2ccc(Nc3ncc(F)c(Nc4ccc5c(n4)NC(=O)CO5)n3)cn2)CCO1. The van der Waals surface area contributed by atoms with E-state index in [0.29, 0.717) is 37.8 Å². The number of fused-ring (bicyclic) bond motifs is 1. The molecule has 0 aromatic carbocycles. The number of halogens is 1. The number of aromatic nitrogens is 4. The second-order valence-corrected chi connectivity index (χ2v) is 8.02. The quantitative estimate of drug-likeness (QED) is 0.424. The molecule has 0 radical (unpaired) electrons. The number of pyridine rings is 2. The minimum Gasteiger partial charge on any atom is -0.480 e. The third kappa shape index (κ3) is 5.58. The molecular weight excluding hydrogens is 471 g/mol. The average Bonchev–Trinajstić information content (AvgIpc) is 2.90. The van der Waals surface area contributed by atoms with Crippen LogP contribution in [-0.4, -0.2) is 71.5 Å². The van der Waals surface area contributed by atoms with Crippen LogP contribution in [0.1, 0.15) is 6.92 Å². The molecule has 0 spiro atoms. The number of amides is 1. The van der Waals surface area contributed by atoms with Crippen molar-refractivity contribution < 1.29 is 23.4 Å². The number of carbonyl (C=O) groups is 1. The number of nitrogens with zero attached hydrogens (tertiary/aromatic N) is 5. The summed E-state index contributed by atoms with van der Waals surface area (Å²) in [6.45, 7) is 5.13.